The number of benzene rings is 1. The molecular weight excluding hydrogens is 266 g/mol. The molecule has 0 saturated carbocycles. The van der Waals surface area contributed by atoms with Gasteiger partial charge < -0.3 is 5.73 Å². The summed E-state index contributed by atoms with van der Waals surface area (Å²) in [6.07, 6.45) is 4.62. The lowest BCUT2D eigenvalue weighted by Gasteiger charge is -2.13. The molecule has 0 radical (unpaired) electrons. The second kappa shape index (κ2) is 5.62. The second-order valence-electron chi connectivity index (χ2n) is 5.94. The van der Waals surface area contributed by atoms with Gasteiger partial charge in [0.05, 0.1) is 10.6 Å². The van der Waals surface area contributed by atoms with E-state index in [1.165, 1.54) is 47.5 Å². The molecule has 1 aromatic heterocycles. The van der Waals surface area contributed by atoms with E-state index in [1.54, 1.807) is 0 Å². The number of aromatic nitrogens is 2. The Kier molecular flexibility index (Phi) is 3.85. The van der Waals surface area contributed by atoms with E-state index < -0.39 is 0 Å². The molecule has 1 heterocycles. The summed E-state index contributed by atoms with van der Waals surface area (Å²) in [5, 5.41) is 4.22. The first kappa shape index (κ1) is 13.7. The number of hydrogen-bond acceptors (Lipinski definition) is 4. The normalized spacial score (nSPS) is 15.6. The fraction of sp³-hybridized carbons (Fsp3) is 0.500. The smallest absolute Gasteiger partial charge is 0.0829 e. The molecule has 0 spiro atoms. The molecule has 4 heteroatoms. The lowest BCUT2D eigenvalue weighted by molar-refractivity contribution is 0.700. The maximum Gasteiger partial charge on any atom is 0.0829 e. The van der Waals surface area contributed by atoms with Crippen LogP contribution in [0.3, 0.4) is 0 Å². The summed E-state index contributed by atoms with van der Waals surface area (Å²) in [5.74, 6) is 0.384. The monoisotopic (exact) mass is 287 g/mol. The molecule has 0 amide bonds. The Bertz CT molecular complexity index is 604. The number of aryl methyl sites for hydroxylation is 2. The molecule has 1 atom stereocenters. The third-order valence-corrected chi connectivity index (χ3v) is 4.91. The van der Waals surface area contributed by atoms with Gasteiger partial charge >= 0.3 is 0 Å². The quantitative estimate of drug-likeness (QED) is 0.937. The molecule has 0 aliphatic heterocycles. The minimum absolute atomic E-state index is 0.00635. The Morgan fingerprint density at radius 3 is 2.85 bits per heavy atom. The van der Waals surface area contributed by atoms with Crippen molar-refractivity contribution in [3.63, 3.8) is 0 Å². The van der Waals surface area contributed by atoms with Gasteiger partial charge in [0.1, 0.15) is 0 Å². The molecule has 106 valence electrons. The topological polar surface area (TPSA) is 51.8 Å². The molecule has 1 aliphatic rings. The van der Waals surface area contributed by atoms with Gasteiger partial charge in [0.25, 0.3) is 0 Å². The van der Waals surface area contributed by atoms with Gasteiger partial charge in [0.15, 0.2) is 0 Å². The van der Waals surface area contributed by atoms with E-state index in [4.69, 9.17) is 5.73 Å². The van der Waals surface area contributed by atoms with Crippen molar-refractivity contribution in [2.75, 3.05) is 0 Å². The van der Waals surface area contributed by atoms with Gasteiger partial charge in [-0.1, -0.05) is 36.5 Å². The lowest BCUT2D eigenvalue weighted by atomic mass is 9.98. The zero-order valence-electron chi connectivity index (χ0n) is 12.1. The Morgan fingerprint density at radius 1 is 1.25 bits per heavy atom. The third kappa shape index (κ3) is 2.63. The van der Waals surface area contributed by atoms with E-state index in [-0.39, 0.29) is 6.04 Å². The Hall–Kier alpha value is -1.26. The first-order valence-electron chi connectivity index (χ1n) is 7.33. The van der Waals surface area contributed by atoms with E-state index in [9.17, 15) is 0 Å². The van der Waals surface area contributed by atoms with Crippen molar-refractivity contribution in [2.45, 2.75) is 51.5 Å². The molecule has 2 N–H and O–H groups in total. The molecular formula is C16H21N3S. The number of nitrogens with two attached hydrogens (primary N) is 1. The van der Waals surface area contributed by atoms with Crippen LogP contribution in [0.4, 0.5) is 0 Å². The summed E-state index contributed by atoms with van der Waals surface area (Å²) in [6.45, 7) is 4.28. The average molecular weight is 287 g/mol. The average Bonchev–Trinajstić information content (AvgIpc) is 3.06. The van der Waals surface area contributed by atoms with Gasteiger partial charge in [-0.15, -0.1) is 5.10 Å². The maximum absolute atomic E-state index is 6.39. The number of hydrogen-bond donors (Lipinski definition) is 1. The SMILES string of the molecule is CC(C)c1nnsc1C(N)Cc1ccc2c(c1)CCC2. The molecule has 20 heavy (non-hydrogen) atoms. The molecule has 0 fully saturated rings. The zero-order chi connectivity index (χ0) is 14.1. The predicted octanol–water partition coefficient (Wildman–Crippen LogP) is 3.39. The predicted molar refractivity (Wildman–Crippen MR) is 83.1 cm³/mol. The summed E-state index contributed by atoms with van der Waals surface area (Å²) >= 11 is 1.44. The van der Waals surface area contributed by atoms with Crippen LogP contribution < -0.4 is 5.73 Å². The van der Waals surface area contributed by atoms with Gasteiger partial charge in [-0.05, 0) is 59.8 Å². The van der Waals surface area contributed by atoms with Gasteiger partial charge in [-0.3, -0.25) is 0 Å². The molecule has 2 aromatic rings. The summed E-state index contributed by atoms with van der Waals surface area (Å²) in [5.41, 5.74) is 11.8. The molecule has 3 nitrogen and oxygen atoms in total. The maximum atomic E-state index is 6.39. The Labute approximate surface area is 124 Å². The Balaban J connectivity index is 1.78. The number of fused-ring (bicyclic) bond motifs is 1. The third-order valence-electron chi connectivity index (χ3n) is 4.04. The highest BCUT2D eigenvalue weighted by Gasteiger charge is 2.19. The van der Waals surface area contributed by atoms with Crippen molar-refractivity contribution in [1.29, 1.82) is 0 Å². The van der Waals surface area contributed by atoms with Crippen LogP contribution in [0.1, 0.15) is 59.5 Å². The van der Waals surface area contributed by atoms with Crippen molar-refractivity contribution in [1.82, 2.24) is 9.59 Å². The molecule has 3 rings (SSSR count). The van der Waals surface area contributed by atoms with Crippen LogP contribution in [0.25, 0.3) is 0 Å². The van der Waals surface area contributed by atoms with Crippen molar-refractivity contribution in [2.24, 2.45) is 5.73 Å². The minimum atomic E-state index is 0.00635. The first-order chi connectivity index (χ1) is 9.65. The van der Waals surface area contributed by atoms with Gasteiger partial charge in [-0.2, -0.15) is 0 Å². The fourth-order valence-electron chi connectivity index (χ4n) is 2.96. The molecule has 1 aromatic carbocycles. The van der Waals surface area contributed by atoms with E-state index in [2.05, 4.69) is 41.6 Å². The summed E-state index contributed by atoms with van der Waals surface area (Å²) in [4.78, 5) is 1.14. The molecule has 0 bridgehead atoms. The molecule has 0 saturated heterocycles. The van der Waals surface area contributed by atoms with Crippen LogP contribution >= 0.6 is 11.5 Å². The van der Waals surface area contributed by atoms with Crippen molar-refractivity contribution in [3.05, 3.63) is 45.5 Å². The number of nitrogens with zero attached hydrogens (tertiary/aromatic N) is 2. The standard InChI is InChI=1S/C16H21N3S/c1-10(2)15-16(20-19-18-15)14(17)9-11-6-7-12-4-3-5-13(12)8-11/h6-8,10,14H,3-5,9,17H2,1-2H3. The van der Waals surface area contributed by atoms with Gasteiger partial charge in [-0.25, -0.2) is 0 Å². The number of rotatable bonds is 4. The molecule has 1 unspecified atom stereocenters. The van der Waals surface area contributed by atoms with E-state index >= 15 is 0 Å². The first-order valence-corrected chi connectivity index (χ1v) is 8.11. The summed E-state index contributed by atoms with van der Waals surface area (Å²) in [6, 6.07) is 6.85. The highest BCUT2D eigenvalue weighted by molar-refractivity contribution is 7.05. The van der Waals surface area contributed by atoms with Crippen molar-refractivity contribution >= 4 is 11.5 Å². The van der Waals surface area contributed by atoms with Crippen LogP contribution in [0.5, 0.6) is 0 Å². The minimum Gasteiger partial charge on any atom is -0.323 e. The van der Waals surface area contributed by atoms with Crippen molar-refractivity contribution in [3.8, 4) is 0 Å². The largest absolute Gasteiger partial charge is 0.323 e. The highest BCUT2D eigenvalue weighted by atomic mass is 32.1. The summed E-state index contributed by atoms with van der Waals surface area (Å²) < 4.78 is 4.08. The van der Waals surface area contributed by atoms with Crippen LogP contribution in [0.2, 0.25) is 0 Å². The van der Waals surface area contributed by atoms with Gasteiger partial charge in [0.2, 0.25) is 0 Å². The zero-order valence-corrected chi connectivity index (χ0v) is 12.9. The van der Waals surface area contributed by atoms with E-state index in [1.807, 2.05) is 0 Å². The molecule has 1 aliphatic carbocycles. The van der Waals surface area contributed by atoms with Crippen molar-refractivity contribution < 1.29 is 0 Å². The fourth-order valence-corrected chi connectivity index (χ4v) is 3.77. The van der Waals surface area contributed by atoms with E-state index in [0.29, 0.717) is 5.92 Å². The Morgan fingerprint density at radius 2 is 2.05 bits per heavy atom. The van der Waals surface area contributed by atoms with Crippen LogP contribution in [0, 0.1) is 0 Å². The highest BCUT2D eigenvalue weighted by Crippen LogP contribution is 2.29. The van der Waals surface area contributed by atoms with Gasteiger partial charge in [0, 0.05) is 6.04 Å². The lowest BCUT2D eigenvalue weighted by Crippen LogP contribution is -2.14. The van der Waals surface area contributed by atoms with E-state index in [0.717, 1.165) is 17.0 Å². The van der Waals surface area contributed by atoms with Crippen LogP contribution in [-0.2, 0) is 19.3 Å². The second-order valence-corrected chi connectivity index (χ2v) is 6.73. The summed E-state index contributed by atoms with van der Waals surface area (Å²) in [7, 11) is 0. The van der Waals surface area contributed by atoms with Crippen LogP contribution in [-0.4, -0.2) is 9.59 Å². The van der Waals surface area contributed by atoms with Crippen LogP contribution in [0.15, 0.2) is 18.2 Å².